The second-order valence-corrected chi connectivity index (χ2v) is 1.69. The quantitative estimate of drug-likeness (QED) is 0.601. The number of anilines is 1. The summed E-state index contributed by atoms with van der Waals surface area (Å²) in [6.45, 7) is 1.40. The fourth-order valence-electron chi connectivity index (χ4n) is 0.485. The van der Waals surface area contributed by atoms with Gasteiger partial charge in [0.15, 0.2) is 0 Å². The van der Waals surface area contributed by atoms with E-state index in [2.05, 4.69) is 21.4 Å². The van der Waals surface area contributed by atoms with E-state index in [1.165, 1.54) is 19.3 Å². The Hall–Kier alpha value is -1.45. The van der Waals surface area contributed by atoms with Gasteiger partial charge in [0, 0.05) is 25.4 Å². The SMILES string of the molecule is CC(=O)Nc1nc[c]cn1. The number of nitrogens with one attached hydrogen (secondary N) is 1. The lowest BCUT2D eigenvalue weighted by molar-refractivity contribution is -0.114. The van der Waals surface area contributed by atoms with E-state index in [1.54, 1.807) is 0 Å². The van der Waals surface area contributed by atoms with Crippen molar-refractivity contribution < 1.29 is 4.79 Å². The van der Waals surface area contributed by atoms with Crippen LogP contribution in [0.4, 0.5) is 5.95 Å². The third-order valence-electron chi connectivity index (χ3n) is 0.811. The molecule has 1 rings (SSSR count). The van der Waals surface area contributed by atoms with Crippen LogP contribution in [0.1, 0.15) is 6.92 Å². The minimum Gasteiger partial charge on any atom is -0.295 e. The van der Waals surface area contributed by atoms with Crippen LogP contribution in [-0.2, 0) is 4.79 Å². The van der Waals surface area contributed by atoms with Gasteiger partial charge in [0.2, 0.25) is 11.9 Å². The first-order chi connectivity index (χ1) is 4.79. The van der Waals surface area contributed by atoms with E-state index < -0.39 is 0 Å². The smallest absolute Gasteiger partial charge is 0.229 e. The van der Waals surface area contributed by atoms with Gasteiger partial charge in [-0.15, -0.1) is 0 Å². The van der Waals surface area contributed by atoms with Gasteiger partial charge >= 0.3 is 0 Å². The third-order valence-corrected chi connectivity index (χ3v) is 0.811. The molecule has 0 saturated heterocycles. The van der Waals surface area contributed by atoms with Crippen molar-refractivity contribution in [2.75, 3.05) is 5.32 Å². The topological polar surface area (TPSA) is 54.9 Å². The van der Waals surface area contributed by atoms with E-state index in [1.807, 2.05) is 0 Å². The minimum absolute atomic E-state index is 0.175. The van der Waals surface area contributed by atoms with E-state index >= 15 is 0 Å². The predicted octanol–water partition coefficient (Wildman–Crippen LogP) is 0.235. The number of aromatic nitrogens is 2. The molecule has 1 aromatic heterocycles. The van der Waals surface area contributed by atoms with Gasteiger partial charge in [0.05, 0.1) is 0 Å². The normalized spacial score (nSPS) is 8.90. The Morgan fingerprint density at radius 3 is 2.70 bits per heavy atom. The van der Waals surface area contributed by atoms with Crippen LogP contribution in [0.2, 0.25) is 0 Å². The standard InChI is InChI=1S/C6H6N3O/c1-5(10)9-6-7-3-2-4-8-6/h3-4H,1H3,(H,7,8,9,10). The zero-order valence-corrected chi connectivity index (χ0v) is 5.46. The molecular weight excluding hydrogens is 130 g/mol. The van der Waals surface area contributed by atoms with E-state index in [4.69, 9.17) is 0 Å². The van der Waals surface area contributed by atoms with Crippen molar-refractivity contribution in [3.8, 4) is 0 Å². The Balaban J connectivity index is 2.67. The molecule has 0 saturated carbocycles. The molecule has 0 fully saturated rings. The fourth-order valence-corrected chi connectivity index (χ4v) is 0.485. The Bertz CT molecular complexity index is 222. The maximum Gasteiger partial charge on any atom is 0.229 e. The summed E-state index contributed by atoms with van der Waals surface area (Å²) in [7, 11) is 0. The first kappa shape index (κ1) is 6.67. The third kappa shape index (κ3) is 1.81. The van der Waals surface area contributed by atoms with E-state index in [-0.39, 0.29) is 5.91 Å². The van der Waals surface area contributed by atoms with Crippen molar-refractivity contribution in [3.63, 3.8) is 0 Å². The molecule has 1 radical (unpaired) electrons. The van der Waals surface area contributed by atoms with E-state index in [0.717, 1.165) is 0 Å². The number of hydrogen-bond donors (Lipinski definition) is 1. The summed E-state index contributed by atoms with van der Waals surface area (Å²) in [5, 5.41) is 2.42. The highest BCUT2D eigenvalue weighted by Crippen LogP contribution is 1.91. The van der Waals surface area contributed by atoms with Crippen molar-refractivity contribution >= 4 is 11.9 Å². The van der Waals surface area contributed by atoms with Gasteiger partial charge in [0.25, 0.3) is 0 Å². The number of nitrogens with zero attached hydrogens (tertiary/aromatic N) is 2. The summed E-state index contributed by atoms with van der Waals surface area (Å²) >= 11 is 0. The predicted molar refractivity (Wildman–Crippen MR) is 35.2 cm³/mol. The largest absolute Gasteiger partial charge is 0.295 e. The van der Waals surface area contributed by atoms with Crippen LogP contribution in [0.3, 0.4) is 0 Å². The second-order valence-electron chi connectivity index (χ2n) is 1.69. The summed E-state index contributed by atoms with van der Waals surface area (Å²) in [6, 6.07) is 2.63. The molecule has 0 aliphatic carbocycles. The van der Waals surface area contributed by atoms with E-state index in [0.29, 0.717) is 5.95 Å². The molecule has 1 aromatic rings. The van der Waals surface area contributed by atoms with Crippen molar-refractivity contribution in [2.24, 2.45) is 0 Å². The average molecular weight is 136 g/mol. The molecule has 1 amide bonds. The highest BCUT2D eigenvalue weighted by Gasteiger charge is 1.93. The van der Waals surface area contributed by atoms with Gasteiger partial charge in [0.1, 0.15) is 0 Å². The molecule has 1 heterocycles. The number of hydrogen-bond acceptors (Lipinski definition) is 3. The lowest BCUT2D eigenvalue weighted by Crippen LogP contribution is -2.08. The fraction of sp³-hybridized carbons (Fsp3) is 0.167. The Morgan fingerprint density at radius 1 is 1.60 bits per heavy atom. The van der Waals surface area contributed by atoms with Crippen LogP contribution in [0.15, 0.2) is 12.4 Å². The molecular formula is C6H6N3O. The van der Waals surface area contributed by atoms with Crippen molar-refractivity contribution in [1.82, 2.24) is 9.97 Å². The first-order valence-electron chi connectivity index (χ1n) is 2.75. The summed E-state index contributed by atoms with van der Waals surface area (Å²) in [5.74, 6) is 0.137. The molecule has 51 valence electrons. The summed E-state index contributed by atoms with van der Waals surface area (Å²) < 4.78 is 0. The molecule has 0 unspecified atom stereocenters. The lowest BCUT2D eigenvalue weighted by atomic mass is 10.6. The van der Waals surface area contributed by atoms with Gasteiger partial charge in [-0.3, -0.25) is 10.1 Å². The van der Waals surface area contributed by atoms with Crippen LogP contribution in [0.25, 0.3) is 0 Å². The molecule has 0 aliphatic rings. The molecule has 0 spiro atoms. The lowest BCUT2D eigenvalue weighted by Gasteiger charge is -1.95. The molecule has 0 bridgehead atoms. The van der Waals surface area contributed by atoms with Gasteiger partial charge in [-0.2, -0.15) is 0 Å². The highest BCUT2D eigenvalue weighted by molar-refractivity contribution is 5.86. The van der Waals surface area contributed by atoms with Gasteiger partial charge in [-0.05, 0) is 0 Å². The van der Waals surface area contributed by atoms with Crippen LogP contribution in [0.5, 0.6) is 0 Å². The number of carbonyl (C=O) groups is 1. The molecule has 1 N–H and O–H groups in total. The molecule has 0 aromatic carbocycles. The molecule has 0 atom stereocenters. The van der Waals surface area contributed by atoms with Gasteiger partial charge in [-0.25, -0.2) is 9.97 Å². The van der Waals surface area contributed by atoms with Crippen LogP contribution >= 0.6 is 0 Å². The van der Waals surface area contributed by atoms with Crippen LogP contribution < -0.4 is 5.32 Å². The maximum atomic E-state index is 10.4. The second kappa shape index (κ2) is 2.91. The molecule has 4 heteroatoms. The van der Waals surface area contributed by atoms with Crippen molar-refractivity contribution in [3.05, 3.63) is 18.5 Å². The van der Waals surface area contributed by atoms with Gasteiger partial charge in [-0.1, -0.05) is 0 Å². The molecule has 10 heavy (non-hydrogen) atoms. The highest BCUT2D eigenvalue weighted by atomic mass is 16.1. The monoisotopic (exact) mass is 136 g/mol. The Morgan fingerprint density at radius 2 is 2.20 bits per heavy atom. The summed E-state index contributed by atoms with van der Waals surface area (Å²) in [4.78, 5) is 17.9. The average Bonchev–Trinajstić information content (AvgIpc) is 1.88. The first-order valence-corrected chi connectivity index (χ1v) is 2.75. The summed E-state index contributed by atoms with van der Waals surface area (Å²) in [6.07, 6.45) is 2.89. The van der Waals surface area contributed by atoms with Crippen LogP contribution in [-0.4, -0.2) is 15.9 Å². The number of carbonyl (C=O) groups excluding carboxylic acids is 1. The minimum atomic E-state index is -0.175. The number of rotatable bonds is 1. The van der Waals surface area contributed by atoms with Crippen LogP contribution in [0, 0.1) is 6.07 Å². The number of amides is 1. The Labute approximate surface area is 58.3 Å². The van der Waals surface area contributed by atoms with Crippen molar-refractivity contribution in [2.45, 2.75) is 6.92 Å². The Kier molecular flexibility index (Phi) is 1.94. The molecule has 4 nitrogen and oxygen atoms in total. The maximum absolute atomic E-state index is 10.4. The van der Waals surface area contributed by atoms with Gasteiger partial charge < -0.3 is 0 Å². The molecule has 0 aliphatic heterocycles. The zero-order chi connectivity index (χ0) is 7.40. The van der Waals surface area contributed by atoms with E-state index in [9.17, 15) is 4.79 Å². The van der Waals surface area contributed by atoms with Crippen molar-refractivity contribution in [1.29, 1.82) is 0 Å². The summed E-state index contributed by atoms with van der Waals surface area (Å²) in [5.41, 5.74) is 0. The zero-order valence-electron chi connectivity index (χ0n) is 5.46.